The maximum absolute atomic E-state index is 11.8. The predicted molar refractivity (Wildman–Crippen MR) is 85.9 cm³/mol. The van der Waals surface area contributed by atoms with Crippen molar-refractivity contribution in [3.8, 4) is 0 Å². The average Bonchev–Trinajstić information content (AvgIpc) is 2.49. The monoisotopic (exact) mass is 304 g/mol. The lowest BCUT2D eigenvalue weighted by Crippen LogP contribution is -2.18. The van der Waals surface area contributed by atoms with Crippen LogP contribution in [0.1, 0.15) is 16.7 Å². The van der Waals surface area contributed by atoms with Gasteiger partial charge >= 0.3 is 0 Å². The van der Waals surface area contributed by atoms with Crippen LogP contribution in [0.4, 0.5) is 5.69 Å². The van der Waals surface area contributed by atoms with Crippen molar-refractivity contribution in [2.24, 2.45) is 0 Å². The lowest BCUT2D eigenvalue weighted by atomic mass is 10.0. The summed E-state index contributed by atoms with van der Waals surface area (Å²) in [6.45, 7) is 4.84. The maximum atomic E-state index is 11.8. The number of nitrogens with one attached hydrogen (secondary N) is 2. The Bertz CT molecular complexity index is 740. The molecule has 4 nitrogen and oxygen atoms in total. The molecule has 0 spiro atoms. The first kappa shape index (κ1) is 15.5. The van der Waals surface area contributed by atoms with Gasteiger partial charge in [-0.1, -0.05) is 24.3 Å². The van der Waals surface area contributed by atoms with E-state index in [2.05, 4.69) is 36.0 Å². The first-order chi connectivity index (χ1) is 9.94. The van der Waals surface area contributed by atoms with Gasteiger partial charge in [0.15, 0.2) is 0 Å². The number of hydrogen-bond donors (Lipinski definition) is 2. The molecule has 0 saturated heterocycles. The molecule has 2 rings (SSSR count). The molecular formula is C16H20N2O2S. The molecule has 0 aromatic heterocycles. The van der Waals surface area contributed by atoms with Crippen LogP contribution in [0.15, 0.2) is 47.4 Å². The Hall–Kier alpha value is -1.85. The van der Waals surface area contributed by atoms with E-state index in [4.69, 9.17) is 0 Å². The largest absolute Gasteiger partial charge is 0.381 e. The van der Waals surface area contributed by atoms with E-state index in [0.717, 1.165) is 5.69 Å². The number of aryl methyl sites for hydroxylation is 1. The molecule has 2 aromatic rings. The van der Waals surface area contributed by atoms with Crippen molar-refractivity contribution in [1.82, 2.24) is 4.72 Å². The quantitative estimate of drug-likeness (QED) is 0.893. The molecule has 0 unspecified atom stereocenters. The van der Waals surface area contributed by atoms with E-state index in [1.807, 2.05) is 12.1 Å². The summed E-state index contributed by atoms with van der Waals surface area (Å²) in [5.41, 5.74) is 4.49. The lowest BCUT2D eigenvalue weighted by molar-refractivity contribution is 0.588. The van der Waals surface area contributed by atoms with E-state index < -0.39 is 10.0 Å². The molecule has 21 heavy (non-hydrogen) atoms. The summed E-state index contributed by atoms with van der Waals surface area (Å²) in [4.78, 5) is 0.260. The van der Waals surface area contributed by atoms with Gasteiger partial charge in [-0.2, -0.15) is 0 Å². The second kappa shape index (κ2) is 6.28. The smallest absolute Gasteiger partial charge is 0.240 e. The Morgan fingerprint density at radius 2 is 1.76 bits per heavy atom. The van der Waals surface area contributed by atoms with Gasteiger partial charge < -0.3 is 5.32 Å². The van der Waals surface area contributed by atoms with E-state index in [9.17, 15) is 8.42 Å². The van der Waals surface area contributed by atoms with Crippen molar-refractivity contribution in [3.63, 3.8) is 0 Å². The number of hydrogen-bond acceptors (Lipinski definition) is 3. The Kier molecular flexibility index (Phi) is 4.65. The van der Waals surface area contributed by atoms with E-state index in [1.54, 1.807) is 18.2 Å². The zero-order chi connectivity index (χ0) is 15.5. The van der Waals surface area contributed by atoms with Gasteiger partial charge in [0, 0.05) is 12.2 Å². The van der Waals surface area contributed by atoms with Gasteiger partial charge in [-0.25, -0.2) is 13.1 Å². The van der Waals surface area contributed by atoms with Crippen LogP contribution in [0, 0.1) is 13.8 Å². The zero-order valence-electron chi connectivity index (χ0n) is 12.5. The fourth-order valence-corrected chi connectivity index (χ4v) is 2.87. The topological polar surface area (TPSA) is 58.2 Å². The molecule has 0 radical (unpaired) electrons. The summed E-state index contributed by atoms with van der Waals surface area (Å²) in [6, 6.07) is 13.0. The lowest BCUT2D eigenvalue weighted by Gasteiger charge is -2.12. The zero-order valence-corrected chi connectivity index (χ0v) is 13.3. The van der Waals surface area contributed by atoms with E-state index >= 15 is 0 Å². The van der Waals surface area contributed by atoms with Crippen molar-refractivity contribution < 1.29 is 8.42 Å². The van der Waals surface area contributed by atoms with Gasteiger partial charge in [-0.05, 0) is 55.8 Å². The first-order valence-corrected chi connectivity index (χ1v) is 8.25. The molecule has 0 bridgehead atoms. The second-order valence-electron chi connectivity index (χ2n) is 4.95. The molecule has 112 valence electrons. The summed E-state index contributed by atoms with van der Waals surface area (Å²) in [5.74, 6) is 0. The molecule has 2 aromatic carbocycles. The van der Waals surface area contributed by atoms with Crippen LogP contribution in [0.2, 0.25) is 0 Å². The Balaban J connectivity index is 2.18. The minimum Gasteiger partial charge on any atom is -0.381 e. The Morgan fingerprint density at radius 3 is 2.48 bits per heavy atom. The molecule has 2 N–H and O–H groups in total. The van der Waals surface area contributed by atoms with Crippen molar-refractivity contribution >= 4 is 15.7 Å². The molecule has 5 heteroatoms. The third-order valence-corrected chi connectivity index (χ3v) is 5.02. The highest BCUT2D eigenvalue weighted by atomic mass is 32.2. The van der Waals surface area contributed by atoms with Crippen LogP contribution in [0.25, 0.3) is 0 Å². The van der Waals surface area contributed by atoms with Crippen molar-refractivity contribution in [1.29, 1.82) is 0 Å². The Labute approximate surface area is 126 Å². The summed E-state index contributed by atoms with van der Waals surface area (Å²) in [5, 5.41) is 3.27. The molecule has 0 fully saturated rings. The minimum absolute atomic E-state index is 0.260. The summed E-state index contributed by atoms with van der Waals surface area (Å²) >= 11 is 0. The van der Waals surface area contributed by atoms with Crippen LogP contribution >= 0.6 is 0 Å². The van der Waals surface area contributed by atoms with Crippen LogP contribution in [-0.4, -0.2) is 15.5 Å². The summed E-state index contributed by atoms with van der Waals surface area (Å²) < 4.78 is 25.9. The average molecular weight is 304 g/mol. The normalized spacial score (nSPS) is 11.4. The number of anilines is 1. The van der Waals surface area contributed by atoms with Crippen molar-refractivity contribution in [2.75, 3.05) is 12.4 Å². The SMILES string of the molecule is CNS(=O)(=O)c1cccc(NCc2cccc(C)c2C)c1. The standard InChI is InChI=1S/C16H20N2O2S/c1-12-6-4-7-14(13(12)2)11-18-15-8-5-9-16(10-15)21(19,20)17-3/h4-10,17-18H,11H2,1-3H3. The number of rotatable bonds is 5. The summed E-state index contributed by atoms with van der Waals surface area (Å²) in [7, 11) is -2.00. The van der Waals surface area contributed by atoms with Gasteiger partial charge in [0.25, 0.3) is 0 Å². The van der Waals surface area contributed by atoms with Crippen molar-refractivity contribution in [3.05, 3.63) is 59.2 Å². The molecule has 0 atom stereocenters. The van der Waals surface area contributed by atoms with Gasteiger partial charge in [0.2, 0.25) is 10.0 Å². The fourth-order valence-electron chi connectivity index (χ4n) is 2.09. The molecule has 0 aliphatic rings. The summed E-state index contributed by atoms with van der Waals surface area (Å²) in [6.07, 6.45) is 0. The van der Waals surface area contributed by atoms with Crippen LogP contribution in [-0.2, 0) is 16.6 Å². The molecule has 0 aliphatic carbocycles. The number of benzene rings is 2. The Morgan fingerprint density at radius 1 is 1.05 bits per heavy atom. The minimum atomic E-state index is -3.41. The highest BCUT2D eigenvalue weighted by Gasteiger charge is 2.11. The molecule has 0 saturated carbocycles. The van der Waals surface area contributed by atoms with Crippen LogP contribution in [0.5, 0.6) is 0 Å². The van der Waals surface area contributed by atoms with E-state index in [-0.39, 0.29) is 4.90 Å². The molecule has 0 amide bonds. The third kappa shape index (κ3) is 3.62. The molecule has 0 aliphatic heterocycles. The van der Waals surface area contributed by atoms with Crippen molar-refractivity contribution in [2.45, 2.75) is 25.3 Å². The van der Waals surface area contributed by atoms with E-state index in [1.165, 1.54) is 23.7 Å². The number of sulfonamides is 1. The van der Waals surface area contributed by atoms with E-state index in [0.29, 0.717) is 6.54 Å². The second-order valence-corrected chi connectivity index (χ2v) is 6.83. The van der Waals surface area contributed by atoms with Crippen LogP contribution < -0.4 is 10.0 Å². The predicted octanol–water partition coefficient (Wildman–Crippen LogP) is 2.82. The van der Waals surface area contributed by atoms with Gasteiger partial charge in [0.05, 0.1) is 4.90 Å². The first-order valence-electron chi connectivity index (χ1n) is 6.76. The highest BCUT2D eigenvalue weighted by Crippen LogP contribution is 2.18. The molecule has 0 heterocycles. The fraction of sp³-hybridized carbons (Fsp3) is 0.250. The van der Waals surface area contributed by atoms with Crippen LogP contribution in [0.3, 0.4) is 0 Å². The van der Waals surface area contributed by atoms with Gasteiger partial charge in [-0.15, -0.1) is 0 Å². The highest BCUT2D eigenvalue weighted by molar-refractivity contribution is 7.89. The maximum Gasteiger partial charge on any atom is 0.240 e. The molecular weight excluding hydrogens is 284 g/mol. The van der Waals surface area contributed by atoms with Gasteiger partial charge in [0.1, 0.15) is 0 Å². The third-order valence-electron chi connectivity index (χ3n) is 3.61. The van der Waals surface area contributed by atoms with Gasteiger partial charge in [-0.3, -0.25) is 0 Å².